The highest BCUT2D eigenvalue weighted by molar-refractivity contribution is 5.88. The number of carboxylic acid groups (broad SMARTS) is 1. The molecule has 1 aromatic rings. The van der Waals surface area contributed by atoms with E-state index in [2.05, 4.69) is 35.6 Å². The van der Waals surface area contributed by atoms with E-state index >= 15 is 0 Å². The SMILES string of the molecule is CCC(C)(C)N(C)Cc1ncncc1C(=O)O. The predicted octanol–water partition coefficient (Wildman–Crippen LogP) is 1.80. The van der Waals surface area contributed by atoms with Crippen molar-refractivity contribution in [1.29, 1.82) is 0 Å². The average Bonchev–Trinajstić information content (AvgIpc) is 2.29. The normalized spacial score (nSPS) is 11.8. The van der Waals surface area contributed by atoms with Crippen molar-refractivity contribution in [3.8, 4) is 0 Å². The molecular weight excluding hydrogens is 218 g/mol. The molecule has 0 spiro atoms. The molecule has 5 heteroatoms. The molecule has 0 saturated heterocycles. The van der Waals surface area contributed by atoms with Crippen LogP contribution in [0, 0.1) is 0 Å². The molecule has 0 unspecified atom stereocenters. The Labute approximate surface area is 102 Å². The lowest BCUT2D eigenvalue weighted by atomic mass is 9.99. The molecule has 0 aliphatic rings. The third kappa shape index (κ3) is 3.23. The van der Waals surface area contributed by atoms with E-state index < -0.39 is 5.97 Å². The molecule has 0 aliphatic carbocycles. The minimum atomic E-state index is -0.983. The largest absolute Gasteiger partial charge is 0.478 e. The van der Waals surface area contributed by atoms with E-state index in [4.69, 9.17) is 5.11 Å². The van der Waals surface area contributed by atoms with Gasteiger partial charge in [-0.1, -0.05) is 6.92 Å². The number of carboxylic acids is 1. The molecule has 0 amide bonds. The maximum atomic E-state index is 11.0. The van der Waals surface area contributed by atoms with E-state index in [9.17, 15) is 4.79 Å². The third-order valence-corrected chi connectivity index (χ3v) is 3.31. The van der Waals surface area contributed by atoms with Crippen molar-refractivity contribution in [3.63, 3.8) is 0 Å². The first-order valence-electron chi connectivity index (χ1n) is 5.62. The van der Waals surface area contributed by atoms with Crippen molar-refractivity contribution in [2.45, 2.75) is 39.3 Å². The lowest BCUT2D eigenvalue weighted by Gasteiger charge is -2.34. The van der Waals surface area contributed by atoms with Crippen molar-refractivity contribution < 1.29 is 9.90 Å². The number of hydrogen-bond donors (Lipinski definition) is 1. The first-order valence-corrected chi connectivity index (χ1v) is 5.62. The summed E-state index contributed by atoms with van der Waals surface area (Å²) in [6, 6.07) is 0. The molecule has 0 aliphatic heterocycles. The van der Waals surface area contributed by atoms with Crippen LogP contribution in [0.2, 0.25) is 0 Å². The van der Waals surface area contributed by atoms with Gasteiger partial charge in [-0.3, -0.25) is 4.90 Å². The zero-order chi connectivity index (χ0) is 13.1. The van der Waals surface area contributed by atoms with Crippen molar-refractivity contribution in [1.82, 2.24) is 14.9 Å². The van der Waals surface area contributed by atoms with E-state index in [1.54, 1.807) is 0 Å². The second-order valence-electron chi connectivity index (χ2n) is 4.71. The van der Waals surface area contributed by atoms with Gasteiger partial charge in [-0.15, -0.1) is 0 Å². The molecular formula is C12H19N3O2. The van der Waals surface area contributed by atoms with Gasteiger partial charge in [0.2, 0.25) is 0 Å². The number of aromatic carboxylic acids is 1. The Bertz CT molecular complexity index is 404. The summed E-state index contributed by atoms with van der Waals surface area (Å²) in [7, 11) is 1.97. The molecule has 0 atom stereocenters. The summed E-state index contributed by atoms with van der Waals surface area (Å²) in [5.74, 6) is -0.983. The summed E-state index contributed by atoms with van der Waals surface area (Å²) in [4.78, 5) is 20.9. The number of nitrogens with zero attached hydrogens (tertiary/aromatic N) is 3. The molecule has 0 saturated carbocycles. The minimum absolute atomic E-state index is 0.0146. The van der Waals surface area contributed by atoms with Crippen LogP contribution < -0.4 is 0 Å². The van der Waals surface area contributed by atoms with Gasteiger partial charge in [-0.25, -0.2) is 14.8 Å². The lowest BCUT2D eigenvalue weighted by Crippen LogP contribution is -2.40. The fraction of sp³-hybridized carbons (Fsp3) is 0.583. The van der Waals surface area contributed by atoms with Gasteiger partial charge in [-0.05, 0) is 27.3 Å². The maximum Gasteiger partial charge on any atom is 0.339 e. The maximum absolute atomic E-state index is 11.0. The van der Waals surface area contributed by atoms with Crippen LogP contribution >= 0.6 is 0 Å². The first-order chi connectivity index (χ1) is 7.88. The topological polar surface area (TPSA) is 66.3 Å². The Kier molecular flexibility index (Phi) is 4.17. The van der Waals surface area contributed by atoms with Crippen LogP contribution in [0.25, 0.3) is 0 Å². The van der Waals surface area contributed by atoms with Crippen LogP contribution in [0.3, 0.4) is 0 Å². The van der Waals surface area contributed by atoms with Gasteiger partial charge in [0.15, 0.2) is 0 Å². The Morgan fingerprint density at radius 2 is 2.18 bits per heavy atom. The Hall–Kier alpha value is -1.49. The highest BCUT2D eigenvalue weighted by Gasteiger charge is 2.23. The van der Waals surface area contributed by atoms with E-state index in [1.807, 2.05) is 7.05 Å². The van der Waals surface area contributed by atoms with E-state index in [1.165, 1.54) is 12.5 Å². The van der Waals surface area contributed by atoms with Gasteiger partial charge in [-0.2, -0.15) is 0 Å². The Morgan fingerprint density at radius 3 is 2.71 bits per heavy atom. The molecule has 17 heavy (non-hydrogen) atoms. The summed E-state index contributed by atoms with van der Waals surface area (Å²) in [5, 5.41) is 9.04. The summed E-state index contributed by atoms with van der Waals surface area (Å²) in [6.07, 6.45) is 3.71. The first kappa shape index (κ1) is 13.6. The molecule has 1 rings (SSSR count). The van der Waals surface area contributed by atoms with E-state index in [-0.39, 0.29) is 11.1 Å². The van der Waals surface area contributed by atoms with Crippen molar-refractivity contribution in [2.24, 2.45) is 0 Å². The zero-order valence-corrected chi connectivity index (χ0v) is 10.8. The summed E-state index contributed by atoms with van der Waals surface area (Å²) < 4.78 is 0. The quantitative estimate of drug-likeness (QED) is 0.845. The molecule has 0 radical (unpaired) electrons. The van der Waals surface area contributed by atoms with Gasteiger partial charge in [0.05, 0.1) is 5.69 Å². The number of aromatic nitrogens is 2. The lowest BCUT2D eigenvalue weighted by molar-refractivity contribution is 0.0690. The molecule has 1 heterocycles. The van der Waals surface area contributed by atoms with Gasteiger partial charge in [0, 0.05) is 18.3 Å². The molecule has 0 fully saturated rings. The highest BCUT2D eigenvalue weighted by Crippen LogP contribution is 2.19. The second-order valence-corrected chi connectivity index (χ2v) is 4.71. The van der Waals surface area contributed by atoms with Crippen LogP contribution in [0.15, 0.2) is 12.5 Å². The van der Waals surface area contributed by atoms with Gasteiger partial charge in [0.25, 0.3) is 0 Å². The molecule has 5 nitrogen and oxygen atoms in total. The predicted molar refractivity (Wildman–Crippen MR) is 64.8 cm³/mol. The zero-order valence-electron chi connectivity index (χ0n) is 10.8. The standard InChI is InChI=1S/C12H19N3O2/c1-5-12(2,3)15(4)7-10-9(11(16)17)6-13-8-14-10/h6,8H,5,7H2,1-4H3,(H,16,17). The Morgan fingerprint density at radius 1 is 1.53 bits per heavy atom. The van der Waals surface area contributed by atoms with Gasteiger partial charge >= 0.3 is 5.97 Å². The highest BCUT2D eigenvalue weighted by atomic mass is 16.4. The fourth-order valence-corrected chi connectivity index (χ4v) is 1.37. The molecule has 94 valence electrons. The third-order valence-electron chi connectivity index (χ3n) is 3.31. The molecule has 1 N–H and O–H groups in total. The average molecular weight is 237 g/mol. The Balaban J connectivity index is 2.92. The van der Waals surface area contributed by atoms with Crippen LogP contribution in [-0.2, 0) is 6.54 Å². The number of rotatable bonds is 5. The van der Waals surface area contributed by atoms with Crippen LogP contribution in [0.5, 0.6) is 0 Å². The minimum Gasteiger partial charge on any atom is -0.478 e. The summed E-state index contributed by atoms with van der Waals surface area (Å²) in [5.41, 5.74) is 0.739. The molecule has 1 aromatic heterocycles. The number of carbonyl (C=O) groups is 1. The van der Waals surface area contributed by atoms with E-state index in [0.717, 1.165) is 6.42 Å². The fourth-order valence-electron chi connectivity index (χ4n) is 1.37. The van der Waals surface area contributed by atoms with Crippen LogP contribution in [0.4, 0.5) is 0 Å². The summed E-state index contributed by atoms with van der Waals surface area (Å²) in [6.45, 7) is 6.85. The van der Waals surface area contributed by atoms with Crippen LogP contribution in [-0.4, -0.2) is 38.5 Å². The second kappa shape index (κ2) is 5.23. The summed E-state index contributed by atoms with van der Waals surface area (Å²) >= 11 is 0. The monoisotopic (exact) mass is 237 g/mol. The van der Waals surface area contributed by atoms with Gasteiger partial charge in [0.1, 0.15) is 11.9 Å². The van der Waals surface area contributed by atoms with Crippen LogP contribution in [0.1, 0.15) is 43.2 Å². The number of hydrogen-bond acceptors (Lipinski definition) is 4. The van der Waals surface area contributed by atoms with E-state index in [0.29, 0.717) is 12.2 Å². The molecule has 0 bridgehead atoms. The smallest absolute Gasteiger partial charge is 0.339 e. The van der Waals surface area contributed by atoms with Crippen molar-refractivity contribution >= 4 is 5.97 Å². The van der Waals surface area contributed by atoms with Crippen molar-refractivity contribution in [3.05, 3.63) is 23.8 Å². The van der Waals surface area contributed by atoms with Crippen molar-refractivity contribution in [2.75, 3.05) is 7.05 Å². The molecule has 0 aromatic carbocycles. The van der Waals surface area contributed by atoms with Gasteiger partial charge < -0.3 is 5.11 Å².